The average Bonchev–Trinajstić information content (AvgIpc) is 2.65. The van der Waals surface area contributed by atoms with Crippen LogP contribution in [0.25, 0.3) is 5.57 Å². The summed E-state index contributed by atoms with van der Waals surface area (Å²) in [5.74, 6) is 0.794. The van der Waals surface area contributed by atoms with Gasteiger partial charge in [0.1, 0.15) is 0 Å². The first-order valence-corrected chi connectivity index (χ1v) is 11.4. The molecule has 0 radical (unpaired) electrons. The predicted molar refractivity (Wildman–Crippen MR) is 114 cm³/mol. The number of piperidine rings is 1. The maximum atomic E-state index is 12.7. The summed E-state index contributed by atoms with van der Waals surface area (Å²) < 4.78 is 30.4. The summed E-state index contributed by atoms with van der Waals surface area (Å²) in [4.78, 5) is 1.35. The molecule has 1 N–H and O–H groups in total. The Labute approximate surface area is 166 Å². The van der Waals surface area contributed by atoms with Crippen LogP contribution in [-0.2, 0) is 10.0 Å². The standard InChI is InChI=1S/C21H26N2O2S2/c1-16(2)20-15-18(26-23-13-11-17(3)12-14-23)9-10-21(20)22-27(24,25)19-7-5-4-6-8-19/h4-10,15,17,22H,1,11-14H2,2-3H3. The van der Waals surface area contributed by atoms with E-state index in [1.165, 1.54) is 12.8 Å². The SMILES string of the molecule is C=C(C)c1cc(SN2CCC(C)CC2)ccc1NS(=O)(=O)c1ccccc1. The molecule has 0 unspecified atom stereocenters. The molecule has 4 nitrogen and oxygen atoms in total. The summed E-state index contributed by atoms with van der Waals surface area (Å²) in [6.07, 6.45) is 2.44. The van der Waals surface area contributed by atoms with E-state index in [2.05, 4.69) is 22.5 Å². The summed E-state index contributed by atoms with van der Waals surface area (Å²) in [6.45, 7) is 10.4. The molecular weight excluding hydrogens is 376 g/mol. The molecule has 1 aliphatic rings. The van der Waals surface area contributed by atoms with Gasteiger partial charge >= 0.3 is 0 Å². The molecule has 0 amide bonds. The molecule has 0 bridgehead atoms. The Balaban J connectivity index is 1.81. The van der Waals surface area contributed by atoms with Gasteiger partial charge in [-0.15, -0.1) is 0 Å². The highest BCUT2D eigenvalue weighted by atomic mass is 32.2. The van der Waals surface area contributed by atoms with E-state index >= 15 is 0 Å². The lowest BCUT2D eigenvalue weighted by Gasteiger charge is -2.29. The number of rotatable bonds is 6. The van der Waals surface area contributed by atoms with Crippen molar-refractivity contribution in [2.75, 3.05) is 17.8 Å². The molecule has 2 aromatic carbocycles. The van der Waals surface area contributed by atoms with Crippen molar-refractivity contribution in [1.29, 1.82) is 0 Å². The van der Waals surface area contributed by atoms with E-state index in [-0.39, 0.29) is 4.90 Å². The zero-order valence-electron chi connectivity index (χ0n) is 15.8. The maximum Gasteiger partial charge on any atom is 0.261 e. The van der Waals surface area contributed by atoms with Crippen molar-refractivity contribution in [2.45, 2.75) is 36.5 Å². The van der Waals surface area contributed by atoms with Crippen molar-refractivity contribution in [3.63, 3.8) is 0 Å². The molecular formula is C21H26N2O2S2. The van der Waals surface area contributed by atoms with Gasteiger partial charge in [-0.1, -0.05) is 31.7 Å². The number of nitrogens with zero attached hydrogens (tertiary/aromatic N) is 1. The van der Waals surface area contributed by atoms with Crippen LogP contribution in [0, 0.1) is 5.92 Å². The Kier molecular flexibility index (Phi) is 6.29. The normalized spacial score (nSPS) is 16.2. The van der Waals surface area contributed by atoms with Gasteiger partial charge in [0, 0.05) is 23.5 Å². The number of allylic oxidation sites excluding steroid dienone is 1. The van der Waals surface area contributed by atoms with Crippen LogP contribution in [0.3, 0.4) is 0 Å². The van der Waals surface area contributed by atoms with Gasteiger partial charge in [0.25, 0.3) is 10.0 Å². The highest BCUT2D eigenvalue weighted by Gasteiger charge is 2.19. The number of hydrogen-bond acceptors (Lipinski definition) is 4. The highest BCUT2D eigenvalue weighted by Crippen LogP contribution is 2.33. The molecule has 1 saturated heterocycles. The van der Waals surface area contributed by atoms with Crippen LogP contribution in [0.4, 0.5) is 5.69 Å². The highest BCUT2D eigenvalue weighted by molar-refractivity contribution is 7.97. The molecule has 3 rings (SSSR count). The van der Waals surface area contributed by atoms with Gasteiger partial charge in [-0.25, -0.2) is 12.7 Å². The second-order valence-corrected chi connectivity index (χ2v) is 9.96. The summed E-state index contributed by atoms with van der Waals surface area (Å²) in [7, 11) is -3.62. The van der Waals surface area contributed by atoms with Gasteiger partial charge in [0.2, 0.25) is 0 Å². The summed E-state index contributed by atoms with van der Waals surface area (Å²) in [5.41, 5.74) is 2.21. The van der Waals surface area contributed by atoms with E-state index in [0.29, 0.717) is 5.69 Å². The molecule has 144 valence electrons. The van der Waals surface area contributed by atoms with Gasteiger partial charge in [0.15, 0.2) is 0 Å². The molecule has 0 aliphatic carbocycles. The number of sulfonamides is 1. The molecule has 0 aromatic heterocycles. The zero-order chi connectivity index (χ0) is 19.4. The number of nitrogens with one attached hydrogen (secondary N) is 1. The second-order valence-electron chi connectivity index (χ2n) is 7.11. The first-order chi connectivity index (χ1) is 12.8. The third-order valence-corrected chi connectivity index (χ3v) is 7.20. The fourth-order valence-electron chi connectivity index (χ4n) is 3.05. The third kappa shape index (κ3) is 5.15. The van der Waals surface area contributed by atoms with Crippen molar-refractivity contribution >= 4 is 33.2 Å². The van der Waals surface area contributed by atoms with E-state index in [0.717, 1.165) is 35.0 Å². The maximum absolute atomic E-state index is 12.7. The van der Waals surface area contributed by atoms with E-state index < -0.39 is 10.0 Å². The van der Waals surface area contributed by atoms with Gasteiger partial charge in [-0.3, -0.25) is 4.72 Å². The average molecular weight is 403 g/mol. The molecule has 0 saturated carbocycles. The minimum Gasteiger partial charge on any atom is -0.279 e. The van der Waals surface area contributed by atoms with E-state index in [1.54, 1.807) is 42.3 Å². The van der Waals surface area contributed by atoms with Gasteiger partial charge in [-0.2, -0.15) is 0 Å². The zero-order valence-corrected chi connectivity index (χ0v) is 17.4. The van der Waals surface area contributed by atoms with Gasteiger partial charge in [0.05, 0.1) is 10.6 Å². The number of hydrogen-bond donors (Lipinski definition) is 1. The van der Waals surface area contributed by atoms with E-state index in [9.17, 15) is 8.42 Å². The first kappa shape index (κ1) is 20.0. The van der Waals surface area contributed by atoms with E-state index in [1.807, 2.05) is 25.1 Å². The molecule has 6 heteroatoms. The Hall–Kier alpha value is -1.76. The van der Waals surface area contributed by atoms with Gasteiger partial charge in [-0.05, 0) is 73.5 Å². The Bertz CT molecular complexity index is 903. The molecule has 27 heavy (non-hydrogen) atoms. The summed E-state index contributed by atoms with van der Waals surface area (Å²) in [5, 5.41) is 0. The van der Waals surface area contributed by atoms with Crippen LogP contribution in [0.2, 0.25) is 0 Å². The lowest BCUT2D eigenvalue weighted by Crippen LogP contribution is -2.27. The fourth-order valence-corrected chi connectivity index (χ4v) is 5.14. The first-order valence-electron chi connectivity index (χ1n) is 9.16. The molecule has 1 heterocycles. The van der Waals surface area contributed by atoms with Crippen molar-refractivity contribution in [3.05, 3.63) is 60.7 Å². The Morgan fingerprint density at radius 2 is 1.81 bits per heavy atom. The molecule has 2 aromatic rings. The van der Waals surface area contributed by atoms with Crippen LogP contribution in [0.15, 0.2) is 64.9 Å². The molecule has 1 fully saturated rings. The second kappa shape index (κ2) is 8.50. The van der Waals surface area contributed by atoms with Crippen LogP contribution < -0.4 is 4.72 Å². The quantitative estimate of drug-likeness (QED) is 0.670. The Morgan fingerprint density at radius 1 is 1.15 bits per heavy atom. The van der Waals surface area contributed by atoms with Crippen molar-refractivity contribution in [2.24, 2.45) is 5.92 Å². The lowest BCUT2D eigenvalue weighted by molar-refractivity contribution is 0.308. The Morgan fingerprint density at radius 3 is 2.44 bits per heavy atom. The monoisotopic (exact) mass is 402 g/mol. The van der Waals surface area contributed by atoms with Crippen LogP contribution >= 0.6 is 11.9 Å². The van der Waals surface area contributed by atoms with Crippen LogP contribution in [0.5, 0.6) is 0 Å². The van der Waals surface area contributed by atoms with Crippen molar-refractivity contribution in [3.8, 4) is 0 Å². The summed E-state index contributed by atoms with van der Waals surface area (Å²) in [6, 6.07) is 14.2. The van der Waals surface area contributed by atoms with Crippen LogP contribution in [0.1, 0.15) is 32.3 Å². The lowest BCUT2D eigenvalue weighted by atomic mass is 10.0. The summed E-state index contributed by atoms with van der Waals surface area (Å²) >= 11 is 1.74. The predicted octanol–water partition coefficient (Wildman–Crippen LogP) is 5.26. The van der Waals surface area contributed by atoms with Gasteiger partial charge < -0.3 is 0 Å². The minimum atomic E-state index is -3.62. The molecule has 1 aliphatic heterocycles. The number of anilines is 1. The smallest absolute Gasteiger partial charge is 0.261 e. The molecule has 0 spiro atoms. The topological polar surface area (TPSA) is 49.4 Å². The fraction of sp³-hybridized carbons (Fsp3) is 0.333. The van der Waals surface area contributed by atoms with E-state index in [4.69, 9.17) is 0 Å². The minimum absolute atomic E-state index is 0.249. The van der Waals surface area contributed by atoms with Crippen molar-refractivity contribution < 1.29 is 8.42 Å². The third-order valence-electron chi connectivity index (χ3n) is 4.73. The number of benzene rings is 2. The molecule has 0 atom stereocenters. The largest absolute Gasteiger partial charge is 0.279 e. The van der Waals surface area contributed by atoms with Crippen LogP contribution in [-0.4, -0.2) is 25.8 Å². The van der Waals surface area contributed by atoms with Crippen molar-refractivity contribution in [1.82, 2.24) is 4.31 Å².